The van der Waals surface area contributed by atoms with Crippen LogP contribution in [0.25, 0.3) is 33.2 Å². The molecule has 7 nitrogen and oxygen atoms in total. The van der Waals surface area contributed by atoms with Gasteiger partial charge in [0.1, 0.15) is 5.52 Å². The van der Waals surface area contributed by atoms with E-state index in [2.05, 4.69) is 17.0 Å². The molecule has 156 valence electrons. The molecular weight excluding hydrogens is 408 g/mol. The van der Waals surface area contributed by atoms with Crippen LogP contribution < -0.4 is 10.5 Å². The number of nitrogens with one attached hydrogen (secondary N) is 1. The van der Waals surface area contributed by atoms with Gasteiger partial charge in [-0.2, -0.15) is 0 Å². The number of aromatic nitrogens is 5. The van der Waals surface area contributed by atoms with Gasteiger partial charge in [-0.15, -0.1) is 21.1 Å². The Morgan fingerprint density at radius 3 is 2.71 bits per heavy atom. The summed E-state index contributed by atoms with van der Waals surface area (Å²) in [6.07, 6.45) is 7.94. The van der Waals surface area contributed by atoms with E-state index in [0.29, 0.717) is 28.7 Å². The first kappa shape index (κ1) is 19.6. The van der Waals surface area contributed by atoms with Crippen LogP contribution in [0.1, 0.15) is 37.5 Å². The second-order valence-corrected chi connectivity index (χ2v) is 8.49. The first-order valence-corrected chi connectivity index (χ1v) is 11.4. The minimum absolute atomic E-state index is 0.0649. The summed E-state index contributed by atoms with van der Waals surface area (Å²) < 4.78 is 3.42. The maximum absolute atomic E-state index is 13.4. The second kappa shape index (κ2) is 8.39. The molecule has 0 spiro atoms. The summed E-state index contributed by atoms with van der Waals surface area (Å²) in [7, 11) is 0. The smallest absolute Gasteiger partial charge is 0.250 e. The van der Waals surface area contributed by atoms with E-state index in [9.17, 15) is 4.79 Å². The lowest BCUT2D eigenvalue weighted by molar-refractivity contribution is -0.357. The fraction of sp³-hybridized carbons (Fsp3) is 0.261. The Morgan fingerprint density at radius 2 is 1.94 bits per heavy atom. The first-order chi connectivity index (χ1) is 15.3. The number of thiophene rings is 1. The Bertz CT molecular complexity index is 1450. The SMILES string of the molecule is CCCCCCn1c[nH+]c2c(c1=O)c1nc3ccccc3nc1n2/N=C/c1cccs1. The number of fused-ring (bicyclic) bond motifs is 4. The van der Waals surface area contributed by atoms with Crippen LogP contribution in [0.4, 0.5) is 0 Å². The van der Waals surface area contributed by atoms with Crippen molar-refractivity contribution in [2.45, 2.75) is 39.2 Å². The molecule has 1 aromatic carbocycles. The summed E-state index contributed by atoms with van der Waals surface area (Å²) >= 11 is 1.60. The van der Waals surface area contributed by atoms with E-state index in [4.69, 9.17) is 9.97 Å². The van der Waals surface area contributed by atoms with Crippen molar-refractivity contribution in [1.82, 2.24) is 19.2 Å². The fourth-order valence-corrected chi connectivity index (χ4v) is 4.35. The van der Waals surface area contributed by atoms with Crippen LogP contribution in [0.2, 0.25) is 0 Å². The van der Waals surface area contributed by atoms with Crippen LogP contribution in [0.15, 0.2) is 58.0 Å². The van der Waals surface area contributed by atoms with Gasteiger partial charge in [0.2, 0.25) is 5.65 Å². The van der Waals surface area contributed by atoms with Gasteiger partial charge in [0.25, 0.3) is 5.65 Å². The lowest BCUT2D eigenvalue weighted by atomic mass is 10.2. The van der Waals surface area contributed by atoms with E-state index in [-0.39, 0.29) is 5.56 Å². The monoisotopic (exact) mass is 431 g/mol. The van der Waals surface area contributed by atoms with Crippen molar-refractivity contribution in [3.05, 3.63) is 63.3 Å². The summed E-state index contributed by atoms with van der Waals surface area (Å²) in [4.78, 5) is 27.3. The molecule has 8 heteroatoms. The Balaban J connectivity index is 1.72. The highest BCUT2D eigenvalue weighted by atomic mass is 32.1. The van der Waals surface area contributed by atoms with Gasteiger partial charge >= 0.3 is 5.56 Å². The third-order valence-corrected chi connectivity index (χ3v) is 6.17. The van der Waals surface area contributed by atoms with Crippen molar-refractivity contribution in [2.24, 2.45) is 5.10 Å². The summed E-state index contributed by atoms with van der Waals surface area (Å²) in [5, 5.41) is 7.18. The average molecular weight is 432 g/mol. The number of para-hydroxylation sites is 2. The zero-order chi connectivity index (χ0) is 21.2. The molecule has 0 aliphatic carbocycles. The quantitative estimate of drug-likeness (QED) is 0.286. The molecule has 0 radical (unpaired) electrons. The summed E-state index contributed by atoms with van der Waals surface area (Å²) in [5.74, 6) is 0. The van der Waals surface area contributed by atoms with Crippen molar-refractivity contribution in [1.29, 1.82) is 0 Å². The highest BCUT2D eigenvalue weighted by Crippen LogP contribution is 2.24. The van der Waals surface area contributed by atoms with Crippen LogP contribution in [-0.4, -0.2) is 25.4 Å². The van der Waals surface area contributed by atoms with Gasteiger partial charge in [0, 0.05) is 4.88 Å². The lowest BCUT2D eigenvalue weighted by Crippen LogP contribution is -2.26. The fourth-order valence-electron chi connectivity index (χ4n) is 3.77. The predicted octanol–water partition coefficient (Wildman–Crippen LogP) is 4.24. The van der Waals surface area contributed by atoms with E-state index < -0.39 is 0 Å². The number of hydrogen-bond donors (Lipinski definition) is 0. The Hall–Kier alpha value is -3.39. The molecule has 0 saturated carbocycles. The zero-order valence-electron chi connectivity index (χ0n) is 17.3. The van der Waals surface area contributed by atoms with Gasteiger partial charge in [-0.1, -0.05) is 44.4 Å². The molecule has 0 aliphatic heterocycles. The molecule has 0 amide bonds. The number of nitrogens with zero attached hydrogens (tertiary/aromatic N) is 5. The third-order valence-electron chi connectivity index (χ3n) is 5.37. The van der Waals surface area contributed by atoms with E-state index in [0.717, 1.165) is 28.8 Å². The van der Waals surface area contributed by atoms with E-state index >= 15 is 0 Å². The molecule has 1 N–H and O–H groups in total. The molecule has 0 fully saturated rings. The van der Waals surface area contributed by atoms with Crippen molar-refractivity contribution < 1.29 is 4.98 Å². The van der Waals surface area contributed by atoms with Crippen LogP contribution in [0.3, 0.4) is 0 Å². The Morgan fingerprint density at radius 1 is 1.10 bits per heavy atom. The normalized spacial score (nSPS) is 12.0. The van der Waals surface area contributed by atoms with Crippen molar-refractivity contribution in [2.75, 3.05) is 0 Å². The first-order valence-electron chi connectivity index (χ1n) is 10.6. The van der Waals surface area contributed by atoms with Gasteiger partial charge in [-0.25, -0.2) is 24.3 Å². The van der Waals surface area contributed by atoms with Crippen molar-refractivity contribution in [3.8, 4) is 0 Å². The summed E-state index contributed by atoms with van der Waals surface area (Å²) in [6.45, 7) is 2.86. The van der Waals surface area contributed by atoms with Gasteiger partial charge in [-0.3, -0.25) is 0 Å². The van der Waals surface area contributed by atoms with Crippen LogP contribution in [0.5, 0.6) is 0 Å². The minimum atomic E-state index is -0.0649. The van der Waals surface area contributed by atoms with E-state index in [1.807, 2.05) is 41.8 Å². The van der Waals surface area contributed by atoms with E-state index in [1.165, 1.54) is 12.8 Å². The van der Waals surface area contributed by atoms with Gasteiger partial charge in [0.05, 0.1) is 23.8 Å². The number of aryl methyl sites for hydroxylation is 1. The van der Waals surface area contributed by atoms with Crippen molar-refractivity contribution >= 4 is 50.8 Å². The molecule has 5 aromatic rings. The molecule has 5 rings (SSSR count). The number of benzene rings is 1. The largest absolute Gasteiger partial charge is 0.322 e. The summed E-state index contributed by atoms with van der Waals surface area (Å²) in [5.41, 5.74) is 3.21. The maximum Gasteiger partial charge on any atom is 0.322 e. The van der Waals surface area contributed by atoms with Gasteiger partial charge in [-0.05, 0) is 30.0 Å². The molecule has 0 saturated heterocycles. The molecule has 31 heavy (non-hydrogen) atoms. The van der Waals surface area contributed by atoms with Gasteiger partial charge < -0.3 is 0 Å². The number of H-pyrrole nitrogens is 1. The standard InChI is InChI=1S/C23H22N6OS/c1-2-3-4-7-12-28-15-24-21-19(23(28)30)20-22(27-18-11-6-5-10-17(18)26-20)29(21)25-14-16-9-8-13-31-16/h5-6,8-11,13-15H,2-4,7,12H2,1H3/p+1/b25-14+. The van der Waals surface area contributed by atoms with Crippen LogP contribution in [0, 0.1) is 0 Å². The third kappa shape index (κ3) is 3.63. The highest BCUT2D eigenvalue weighted by molar-refractivity contribution is 7.11. The van der Waals surface area contributed by atoms with Crippen molar-refractivity contribution in [3.63, 3.8) is 0 Å². The highest BCUT2D eigenvalue weighted by Gasteiger charge is 2.24. The predicted molar refractivity (Wildman–Crippen MR) is 125 cm³/mol. The van der Waals surface area contributed by atoms with Crippen LogP contribution >= 0.6 is 11.3 Å². The lowest BCUT2D eigenvalue weighted by Gasteiger charge is -2.00. The Kier molecular flexibility index (Phi) is 5.30. The molecule has 0 atom stereocenters. The van der Waals surface area contributed by atoms with E-state index in [1.54, 1.807) is 33.1 Å². The molecule has 0 aliphatic rings. The van der Waals surface area contributed by atoms with Crippen LogP contribution in [-0.2, 0) is 6.54 Å². The number of aromatic amines is 1. The Labute approximate surface area is 182 Å². The molecule has 0 bridgehead atoms. The minimum Gasteiger partial charge on any atom is -0.250 e. The average Bonchev–Trinajstić information content (AvgIpc) is 3.41. The second-order valence-electron chi connectivity index (χ2n) is 7.51. The number of rotatable bonds is 7. The molecule has 4 aromatic heterocycles. The topological polar surface area (TPSA) is 79.2 Å². The maximum atomic E-state index is 13.4. The zero-order valence-corrected chi connectivity index (χ0v) is 18.1. The number of hydrogen-bond acceptors (Lipinski definition) is 5. The van der Waals surface area contributed by atoms with Gasteiger partial charge in [0.15, 0.2) is 11.7 Å². The molecule has 0 unspecified atom stereocenters. The number of unbranched alkanes of at least 4 members (excludes halogenated alkanes) is 3. The molecule has 4 heterocycles. The molecular formula is C23H23N6OS+. The summed E-state index contributed by atoms with van der Waals surface area (Å²) in [6, 6.07) is 11.7.